The van der Waals surface area contributed by atoms with Crippen molar-refractivity contribution in [3.63, 3.8) is 0 Å². The summed E-state index contributed by atoms with van der Waals surface area (Å²) in [6.45, 7) is 1.57. The van der Waals surface area contributed by atoms with Crippen LogP contribution < -0.4 is 5.73 Å². The Hall–Kier alpha value is -0.120. The van der Waals surface area contributed by atoms with Crippen molar-refractivity contribution < 1.29 is 9.47 Å². The molecule has 0 amide bonds. The van der Waals surface area contributed by atoms with Crippen molar-refractivity contribution >= 4 is 0 Å². The van der Waals surface area contributed by atoms with E-state index in [9.17, 15) is 0 Å². The molecule has 2 N–H and O–H groups in total. The van der Waals surface area contributed by atoms with Gasteiger partial charge in [-0.25, -0.2) is 0 Å². The minimum Gasteiger partial charge on any atom is -0.376 e. The van der Waals surface area contributed by atoms with E-state index in [-0.39, 0.29) is 0 Å². The maximum absolute atomic E-state index is 5.74. The van der Waals surface area contributed by atoms with Crippen LogP contribution in [0.1, 0.15) is 25.7 Å². The second kappa shape index (κ2) is 3.73. The van der Waals surface area contributed by atoms with Crippen LogP contribution in [0.3, 0.4) is 0 Å². The zero-order valence-electron chi connectivity index (χ0n) is 7.37. The van der Waals surface area contributed by atoms with E-state index < -0.39 is 0 Å². The molecule has 2 aliphatic rings. The molecule has 2 heterocycles. The van der Waals surface area contributed by atoms with Crippen LogP contribution in [-0.2, 0) is 9.47 Å². The van der Waals surface area contributed by atoms with E-state index in [0.717, 1.165) is 19.4 Å². The normalized spacial score (nSPS) is 42.2. The highest BCUT2D eigenvalue weighted by atomic mass is 16.6. The third kappa shape index (κ3) is 1.63. The van der Waals surface area contributed by atoms with Gasteiger partial charge in [0, 0.05) is 13.2 Å². The number of rotatable bonds is 2. The molecule has 2 aliphatic heterocycles. The quantitative estimate of drug-likeness (QED) is 0.664. The highest BCUT2D eigenvalue weighted by Gasteiger charge is 2.33. The number of hydrogen-bond acceptors (Lipinski definition) is 3. The van der Waals surface area contributed by atoms with Crippen LogP contribution in [0.25, 0.3) is 0 Å². The lowest BCUT2D eigenvalue weighted by Crippen LogP contribution is -2.28. The smallest absolute Gasteiger partial charge is 0.0842 e. The molecule has 3 heteroatoms. The Kier molecular flexibility index (Phi) is 2.63. The summed E-state index contributed by atoms with van der Waals surface area (Å²) in [6.07, 6.45) is 5.59. The molecule has 0 spiro atoms. The topological polar surface area (TPSA) is 44.5 Å². The first-order valence-electron chi connectivity index (χ1n) is 4.87. The molecular weight excluding hydrogens is 154 g/mol. The number of ether oxygens (including phenoxy) is 2. The van der Waals surface area contributed by atoms with Gasteiger partial charge in [0.2, 0.25) is 0 Å². The highest BCUT2D eigenvalue weighted by Crippen LogP contribution is 2.28. The summed E-state index contributed by atoms with van der Waals surface area (Å²) in [6, 6.07) is 0. The van der Waals surface area contributed by atoms with E-state index in [4.69, 9.17) is 15.2 Å². The SMILES string of the molecule is NC[C@H]1CC[C@H]([C@@H]2CCCO2)O1. The van der Waals surface area contributed by atoms with Gasteiger partial charge in [-0.3, -0.25) is 0 Å². The van der Waals surface area contributed by atoms with E-state index in [1.165, 1.54) is 12.8 Å². The van der Waals surface area contributed by atoms with Crippen molar-refractivity contribution in [3.05, 3.63) is 0 Å². The zero-order valence-corrected chi connectivity index (χ0v) is 7.37. The third-order valence-electron chi connectivity index (χ3n) is 2.78. The van der Waals surface area contributed by atoms with Crippen LogP contribution in [0.4, 0.5) is 0 Å². The maximum Gasteiger partial charge on any atom is 0.0842 e. The van der Waals surface area contributed by atoms with Gasteiger partial charge in [0.05, 0.1) is 18.3 Å². The van der Waals surface area contributed by atoms with Gasteiger partial charge < -0.3 is 15.2 Å². The van der Waals surface area contributed by atoms with Gasteiger partial charge in [0.15, 0.2) is 0 Å². The minimum absolute atomic E-state index is 0.291. The Bertz CT molecular complexity index is 145. The number of nitrogens with two attached hydrogens (primary N) is 1. The lowest BCUT2D eigenvalue weighted by atomic mass is 10.1. The Morgan fingerprint density at radius 2 is 2.08 bits per heavy atom. The van der Waals surface area contributed by atoms with Crippen LogP contribution in [0.2, 0.25) is 0 Å². The molecule has 2 rings (SSSR count). The van der Waals surface area contributed by atoms with Crippen LogP contribution in [0.15, 0.2) is 0 Å². The molecule has 0 radical (unpaired) electrons. The molecule has 3 atom stereocenters. The summed E-state index contributed by atoms with van der Waals surface area (Å²) < 4.78 is 11.3. The van der Waals surface area contributed by atoms with E-state index in [1.54, 1.807) is 0 Å². The summed E-state index contributed by atoms with van der Waals surface area (Å²) in [4.78, 5) is 0. The first-order valence-corrected chi connectivity index (χ1v) is 4.87. The van der Waals surface area contributed by atoms with Crippen molar-refractivity contribution in [2.75, 3.05) is 13.2 Å². The van der Waals surface area contributed by atoms with Crippen molar-refractivity contribution in [3.8, 4) is 0 Å². The lowest BCUT2D eigenvalue weighted by molar-refractivity contribution is -0.0420. The highest BCUT2D eigenvalue weighted by molar-refractivity contribution is 4.82. The molecule has 70 valence electrons. The van der Waals surface area contributed by atoms with Crippen LogP contribution in [-0.4, -0.2) is 31.5 Å². The second-order valence-electron chi connectivity index (χ2n) is 3.66. The fraction of sp³-hybridized carbons (Fsp3) is 1.00. The average molecular weight is 171 g/mol. The van der Waals surface area contributed by atoms with Gasteiger partial charge in [-0.2, -0.15) is 0 Å². The Morgan fingerprint density at radius 1 is 1.17 bits per heavy atom. The van der Waals surface area contributed by atoms with Crippen molar-refractivity contribution in [2.24, 2.45) is 5.73 Å². The van der Waals surface area contributed by atoms with Gasteiger partial charge >= 0.3 is 0 Å². The van der Waals surface area contributed by atoms with Crippen LogP contribution in [0, 0.1) is 0 Å². The Morgan fingerprint density at radius 3 is 2.67 bits per heavy atom. The third-order valence-corrected chi connectivity index (χ3v) is 2.78. The molecule has 0 bridgehead atoms. The molecule has 3 nitrogen and oxygen atoms in total. The zero-order chi connectivity index (χ0) is 8.39. The molecule has 0 saturated carbocycles. The number of hydrogen-bond donors (Lipinski definition) is 1. The summed E-state index contributed by atoms with van der Waals surface area (Å²) in [7, 11) is 0. The van der Waals surface area contributed by atoms with E-state index in [0.29, 0.717) is 24.9 Å². The molecule has 2 saturated heterocycles. The molecule has 0 unspecified atom stereocenters. The van der Waals surface area contributed by atoms with E-state index >= 15 is 0 Å². The monoisotopic (exact) mass is 171 g/mol. The Balaban J connectivity index is 1.81. The van der Waals surface area contributed by atoms with Crippen LogP contribution >= 0.6 is 0 Å². The summed E-state index contributed by atoms with van der Waals surface area (Å²) in [5.41, 5.74) is 5.53. The lowest BCUT2D eigenvalue weighted by Gasteiger charge is -2.18. The van der Waals surface area contributed by atoms with Crippen molar-refractivity contribution in [1.82, 2.24) is 0 Å². The van der Waals surface area contributed by atoms with Gasteiger partial charge in [0.1, 0.15) is 0 Å². The molecule has 2 fully saturated rings. The average Bonchev–Trinajstić information content (AvgIpc) is 2.75. The molecule has 0 aromatic carbocycles. The predicted molar refractivity (Wildman–Crippen MR) is 45.9 cm³/mol. The van der Waals surface area contributed by atoms with Crippen molar-refractivity contribution in [2.45, 2.75) is 44.0 Å². The van der Waals surface area contributed by atoms with Gasteiger partial charge in [0.25, 0.3) is 0 Å². The maximum atomic E-state index is 5.74. The van der Waals surface area contributed by atoms with Gasteiger partial charge in [-0.1, -0.05) is 0 Å². The second-order valence-corrected chi connectivity index (χ2v) is 3.66. The largest absolute Gasteiger partial charge is 0.376 e. The van der Waals surface area contributed by atoms with E-state index in [1.807, 2.05) is 0 Å². The first-order chi connectivity index (χ1) is 5.90. The molecule has 0 aromatic rings. The Labute approximate surface area is 73.2 Å². The minimum atomic E-state index is 0.291. The predicted octanol–water partition coefficient (Wildman–Crippen LogP) is 0.672. The van der Waals surface area contributed by atoms with Crippen LogP contribution in [0.5, 0.6) is 0 Å². The fourth-order valence-electron chi connectivity index (χ4n) is 2.08. The van der Waals surface area contributed by atoms with E-state index in [2.05, 4.69) is 0 Å². The first kappa shape index (κ1) is 8.48. The molecule has 12 heavy (non-hydrogen) atoms. The summed E-state index contributed by atoms with van der Waals surface area (Å²) in [5, 5.41) is 0. The summed E-state index contributed by atoms with van der Waals surface area (Å²) >= 11 is 0. The van der Waals surface area contributed by atoms with Crippen molar-refractivity contribution in [1.29, 1.82) is 0 Å². The van der Waals surface area contributed by atoms with Gasteiger partial charge in [-0.15, -0.1) is 0 Å². The fourth-order valence-corrected chi connectivity index (χ4v) is 2.08. The van der Waals surface area contributed by atoms with Gasteiger partial charge in [-0.05, 0) is 25.7 Å². The summed E-state index contributed by atoms with van der Waals surface area (Å²) in [5.74, 6) is 0. The molecular formula is C9H17NO2. The molecule has 0 aliphatic carbocycles. The standard InChI is InChI=1S/C9H17NO2/c10-6-7-3-4-9(12-7)8-2-1-5-11-8/h7-9H,1-6,10H2/t7-,8+,9-/m1/s1. The molecule has 0 aromatic heterocycles.